The lowest BCUT2D eigenvalue weighted by molar-refractivity contribution is 0.237. The molecular weight excluding hydrogens is 300 g/mol. The fourth-order valence-electron chi connectivity index (χ4n) is 4.18. The van der Waals surface area contributed by atoms with Crippen molar-refractivity contribution in [3.05, 3.63) is 47.7 Å². The maximum Gasteiger partial charge on any atom is 0.155 e. The Hall–Kier alpha value is -2.21. The first kappa shape index (κ1) is 14.2. The minimum atomic E-state index is 0.406. The number of likely N-dealkylation sites (tertiary alicyclic amines) is 1. The SMILES string of the molecule is c1cn2c(CN3CCC[C@@H]3c3nc4c([nH]3)CCCC4)cnc2cn1. The van der Waals surface area contributed by atoms with Crippen molar-refractivity contribution in [3.8, 4) is 0 Å². The van der Waals surface area contributed by atoms with E-state index in [-0.39, 0.29) is 0 Å². The number of H-pyrrole nitrogens is 1. The number of aromatic amines is 1. The maximum atomic E-state index is 4.94. The lowest BCUT2D eigenvalue weighted by Crippen LogP contribution is -2.24. The third kappa shape index (κ3) is 2.33. The summed E-state index contributed by atoms with van der Waals surface area (Å²) in [4.78, 5) is 19.7. The molecular formula is C18H22N6. The summed E-state index contributed by atoms with van der Waals surface area (Å²) >= 11 is 0. The molecule has 3 aromatic heterocycles. The van der Waals surface area contributed by atoms with Crippen LogP contribution in [-0.4, -0.2) is 35.8 Å². The molecule has 0 radical (unpaired) electrons. The van der Waals surface area contributed by atoms with Gasteiger partial charge in [-0.15, -0.1) is 0 Å². The summed E-state index contributed by atoms with van der Waals surface area (Å²) < 4.78 is 2.13. The Morgan fingerprint density at radius 3 is 3.08 bits per heavy atom. The van der Waals surface area contributed by atoms with Crippen LogP contribution in [0.4, 0.5) is 0 Å². The minimum Gasteiger partial charge on any atom is -0.344 e. The average molecular weight is 322 g/mol. The Morgan fingerprint density at radius 1 is 1.17 bits per heavy atom. The second-order valence-corrected chi connectivity index (χ2v) is 6.94. The van der Waals surface area contributed by atoms with Crippen molar-refractivity contribution in [1.29, 1.82) is 0 Å². The molecule has 0 unspecified atom stereocenters. The van der Waals surface area contributed by atoms with Gasteiger partial charge in [-0.1, -0.05) is 0 Å². The Bertz CT molecular complexity index is 840. The summed E-state index contributed by atoms with van der Waals surface area (Å²) in [6, 6.07) is 0.406. The summed E-state index contributed by atoms with van der Waals surface area (Å²) in [5.74, 6) is 1.18. The van der Waals surface area contributed by atoms with Crippen LogP contribution in [0.5, 0.6) is 0 Å². The normalized spacial score (nSPS) is 21.4. The molecule has 0 amide bonds. The van der Waals surface area contributed by atoms with Gasteiger partial charge in [-0.3, -0.25) is 14.3 Å². The van der Waals surface area contributed by atoms with Crippen molar-refractivity contribution < 1.29 is 0 Å². The van der Waals surface area contributed by atoms with E-state index in [1.807, 2.05) is 24.8 Å². The fraction of sp³-hybridized carbons (Fsp3) is 0.500. The first-order valence-electron chi connectivity index (χ1n) is 8.96. The number of aryl methyl sites for hydroxylation is 2. The van der Waals surface area contributed by atoms with E-state index >= 15 is 0 Å². The van der Waals surface area contributed by atoms with E-state index in [0.29, 0.717) is 6.04 Å². The van der Waals surface area contributed by atoms with E-state index in [4.69, 9.17) is 4.98 Å². The smallest absolute Gasteiger partial charge is 0.155 e. The largest absolute Gasteiger partial charge is 0.344 e. The molecule has 1 fully saturated rings. The van der Waals surface area contributed by atoms with E-state index in [9.17, 15) is 0 Å². The Balaban J connectivity index is 1.42. The fourth-order valence-corrected chi connectivity index (χ4v) is 4.18. The predicted octanol–water partition coefficient (Wildman–Crippen LogP) is 2.67. The van der Waals surface area contributed by atoms with E-state index < -0.39 is 0 Å². The van der Waals surface area contributed by atoms with Crippen LogP contribution in [0.15, 0.2) is 24.8 Å². The van der Waals surface area contributed by atoms with Crippen molar-refractivity contribution in [2.45, 2.75) is 51.1 Å². The van der Waals surface area contributed by atoms with Gasteiger partial charge in [0, 0.05) is 24.6 Å². The van der Waals surface area contributed by atoms with Crippen molar-refractivity contribution in [1.82, 2.24) is 29.2 Å². The van der Waals surface area contributed by atoms with Crippen LogP contribution in [0.1, 0.15) is 54.6 Å². The van der Waals surface area contributed by atoms with Gasteiger partial charge in [-0.2, -0.15) is 0 Å². The second-order valence-electron chi connectivity index (χ2n) is 6.94. The molecule has 1 N–H and O–H groups in total. The van der Waals surface area contributed by atoms with Gasteiger partial charge >= 0.3 is 0 Å². The van der Waals surface area contributed by atoms with Crippen LogP contribution in [0, 0.1) is 0 Å². The third-order valence-corrected chi connectivity index (χ3v) is 5.41. The summed E-state index contributed by atoms with van der Waals surface area (Å²) in [6.45, 7) is 2.02. The Labute approximate surface area is 141 Å². The van der Waals surface area contributed by atoms with E-state index in [1.165, 1.54) is 48.6 Å². The predicted molar refractivity (Wildman–Crippen MR) is 90.6 cm³/mol. The topological polar surface area (TPSA) is 62.1 Å². The molecule has 6 nitrogen and oxygen atoms in total. The summed E-state index contributed by atoms with van der Waals surface area (Å²) in [5.41, 5.74) is 4.82. The monoisotopic (exact) mass is 322 g/mol. The first-order chi connectivity index (χ1) is 11.9. The number of aromatic nitrogens is 5. The number of imidazole rings is 2. The van der Waals surface area contributed by atoms with Crippen molar-refractivity contribution in [2.24, 2.45) is 0 Å². The van der Waals surface area contributed by atoms with Crippen LogP contribution in [0.25, 0.3) is 5.65 Å². The van der Waals surface area contributed by atoms with Gasteiger partial charge in [0.25, 0.3) is 0 Å². The molecule has 5 rings (SSSR count). The van der Waals surface area contributed by atoms with Crippen molar-refractivity contribution >= 4 is 5.65 Å². The summed E-state index contributed by atoms with van der Waals surface area (Å²) in [6.07, 6.45) is 14.9. The van der Waals surface area contributed by atoms with Crippen LogP contribution >= 0.6 is 0 Å². The number of fused-ring (bicyclic) bond motifs is 2. The van der Waals surface area contributed by atoms with Crippen molar-refractivity contribution in [3.63, 3.8) is 0 Å². The maximum absolute atomic E-state index is 4.94. The highest BCUT2D eigenvalue weighted by atomic mass is 15.2. The quantitative estimate of drug-likeness (QED) is 0.805. The number of rotatable bonds is 3. The Kier molecular flexibility index (Phi) is 3.36. The zero-order valence-corrected chi connectivity index (χ0v) is 13.8. The zero-order valence-electron chi connectivity index (χ0n) is 13.8. The standard InChI is InChI=1S/C18H22N6/c1-2-5-15-14(4-1)21-18(22-15)16-6-3-8-23(16)12-13-10-20-17-11-19-7-9-24(13)17/h7,9-11,16H,1-6,8,12H2,(H,21,22)/t16-/m1/s1. The number of hydrogen-bond acceptors (Lipinski definition) is 4. The minimum absolute atomic E-state index is 0.406. The summed E-state index contributed by atoms with van der Waals surface area (Å²) in [7, 11) is 0. The molecule has 6 heteroatoms. The molecule has 0 spiro atoms. The molecule has 24 heavy (non-hydrogen) atoms. The molecule has 124 valence electrons. The molecule has 1 saturated heterocycles. The zero-order chi connectivity index (χ0) is 15.9. The van der Waals surface area contributed by atoms with Gasteiger partial charge in [-0.05, 0) is 45.1 Å². The van der Waals surface area contributed by atoms with Crippen LogP contribution in [-0.2, 0) is 19.4 Å². The number of nitrogens with one attached hydrogen (secondary N) is 1. The molecule has 3 aromatic rings. The van der Waals surface area contributed by atoms with E-state index in [0.717, 1.165) is 31.6 Å². The highest BCUT2D eigenvalue weighted by molar-refractivity contribution is 5.36. The van der Waals surface area contributed by atoms with E-state index in [1.54, 1.807) is 0 Å². The molecule has 0 aromatic carbocycles. The molecule has 2 aliphatic rings. The van der Waals surface area contributed by atoms with Gasteiger partial charge in [0.15, 0.2) is 5.65 Å². The first-order valence-corrected chi connectivity index (χ1v) is 8.96. The van der Waals surface area contributed by atoms with Gasteiger partial charge in [0.1, 0.15) is 5.82 Å². The molecule has 0 saturated carbocycles. The Morgan fingerprint density at radius 2 is 2.12 bits per heavy atom. The second kappa shape index (κ2) is 5.70. The number of nitrogens with zero attached hydrogens (tertiary/aromatic N) is 5. The molecule has 1 aliphatic carbocycles. The lowest BCUT2D eigenvalue weighted by atomic mass is 10.0. The molecule has 1 aliphatic heterocycles. The highest BCUT2D eigenvalue weighted by Crippen LogP contribution is 2.33. The van der Waals surface area contributed by atoms with E-state index in [2.05, 4.69) is 24.3 Å². The molecule has 1 atom stereocenters. The average Bonchev–Trinajstić information content (AvgIpc) is 3.33. The van der Waals surface area contributed by atoms with Gasteiger partial charge < -0.3 is 4.98 Å². The van der Waals surface area contributed by atoms with Gasteiger partial charge in [0.05, 0.1) is 29.8 Å². The van der Waals surface area contributed by atoms with Crippen LogP contribution in [0.2, 0.25) is 0 Å². The van der Waals surface area contributed by atoms with Gasteiger partial charge in [0.2, 0.25) is 0 Å². The highest BCUT2D eigenvalue weighted by Gasteiger charge is 2.30. The summed E-state index contributed by atoms with van der Waals surface area (Å²) in [5, 5.41) is 0. The van der Waals surface area contributed by atoms with Crippen LogP contribution < -0.4 is 0 Å². The molecule has 0 bridgehead atoms. The third-order valence-electron chi connectivity index (χ3n) is 5.41. The van der Waals surface area contributed by atoms with Crippen molar-refractivity contribution in [2.75, 3.05) is 6.54 Å². The lowest BCUT2D eigenvalue weighted by Gasteiger charge is -2.22. The van der Waals surface area contributed by atoms with Crippen LogP contribution in [0.3, 0.4) is 0 Å². The molecule has 4 heterocycles. The van der Waals surface area contributed by atoms with Gasteiger partial charge in [-0.25, -0.2) is 9.97 Å². The number of hydrogen-bond donors (Lipinski definition) is 1.